The minimum absolute atomic E-state index is 0.329. The quantitative estimate of drug-likeness (QED) is 0.759. The van der Waals surface area contributed by atoms with Gasteiger partial charge in [-0.1, -0.05) is 24.1 Å². The summed E-state index contributed by atoms with van der Waals surface area (Å²) in [4.78, 5) is 0. The Morgan fingerprint density at radius 1 is 0.955 bits per heavy atom. The number of phenols is 2. The number of aromatic hydroxyl groups is 2. The Morgan fingerprint density at radius 3 is 2.41 bits per heavy atom. The van der Waals surface area contributed by atoms with E-state index in [0.717, 1.165) is 12.4 Å². The van der Waals surface area contributed by atoms with Gasteiger partial charge in [-0.05, 0) is 61.9 Å². The molecule has 2 aliphatic rings. The zero-order valence-electron chi connectivity index (χ0n) is 12.8. The minimum Gasteiger partial charge on any atom is -0.508 e. The number of phenolic OH excluding ortho intramolecular Hbond substituents is 2. The summed E-state index contributed by atoms with van der Waals surface area (Å²) in [6.07, 6.45) is 3.83. The first-order valence-electron chi connectivity index (χ1n) is 7.85. The molecular formula is C19H22O3. The molecule has 1 saturated carbocycles. The van der Waals surface area contributed by atoms with Gasteiger partial charge in [-0.25, -0.2) is 0 Å². The molecule has 0 spiro atoms. The van der Waals surface area contributed by atoms with Crippen molar-refractivity contribution in [2.24, 2.45) is 5.92 Å². The number of ether oxygens (including phenoxy) is 1. The van der Waals surface area contributed by atoms with Crippen LogP contribution in [0.1, 0.15) is 36.3 Å². The molecule has 2 atom stereocenters. The third-order valence-corrected chi connectivity index (χ3v) is 4.54. The van der Waals surface area contributed by atoms with Gasteiger partial charge in [0, 0.05) is 5.56 Å². The van der Waals surface area contributed by atoms with Crippen LogP contribution in [0.15, 0.2) is 42.5 Å². The second kappa shape index (κ2) is 6.30. The van der Waals surface area contributed by atoms with Gasteiger partial charge in [-0.3, -0.25) is 0 Å². The summed E-state index contributed by atoms with van der Waals surface area (Å²) in [6, 6.07) is 12.6. The van der Waals surface area contributed by atoms with Gasteiger partial charge in [0.25, 0.3) is 0 Å². The maximum atomic E-state index is 9.45. The lowest BCUT2D eigenvalue weighted by Gasteiger charge is -2.28. The Kier molecular flexibility index (Phi) is 4.23. The summed E-state index contributed by atoms with van der Waals surface area (Å²) in [5.41, 5.74) is 2.39. The second-order valence-corrected chi connectivity index (χ2v) is 6.17. The Hall–Kier alpha value is -2.16. The summed E-state index contributed by atoms with van der Waals surface area (Å²) in [7, 11) is 0. The van der Waals surface area contributed by atoms with E-state index in [2.05, 4.69) is 0 Å². The lowest BCUT2D eigenvalue weighted by atomic mass is 9.87. The van der Waals surface area contributed by atoms with Crippen LogP contribution in [0.2, 0.25) is 0 Å². The minimum atomic E-state index is 0.329. The van der Waals surface area contributed by atoms with E-state index in [1.165, 1.54) is 30.4 Å². The fourth-order valence-corrected chi connectivity index (χ4v) is 3.34. The number of benzene rings is 2. The molecular weight excluding hydrogens is 276 g/mol. The van der Waals surface area contributed by atoms with Crippen molar-refractivity contribution in [3.05, 3.63) is 53.6 Å². The van der Waals surface area contributed by atoms with Crippen LogP contribution in [0.25, 0.3) is 0 Å². The smallest absolute Gasteiger partial charge is 0.123 e. The number of fused-ring (bicyclic) bond motifs is 3. The Labute approximate surface area is 131 Å². The van der Waals surface area contributed by atoms with Gasteiger partial charge >= 0.3 is 0 Å². The third kappa shape index (κ3) is 3.19. The van der Waals surface area contributed by atoms with Crippen molar-refractivity contribution in [1.82, 2.24) is 0 Å². The van der Waals surface area contributed by atoms with E-state index in [-0.39, 0.29) is 0 Å². The van der Waals surface area contributed by atoms with Crippen molar-refractivity contribution in [2.45, 2.75) is 32.1 Å². The number of aryl methyl sites for hydroxylation is 1. The highest BCUT2D eigenvalue weighted by atomic mass is 16.5. The van der Waals surface area contributed by atoms with Crippen LogP contribution in [0.5, 0.6) is 17.2 Å². The fourth-order valence-electron chi connectivity index (χ4n) is 3.34. The van der Waals surface area contributed by atoms with Crippen molar-refractivity contribution in [3.63, 3.8) is 0 Å². The summed E-state index contributed by atoms with van der Waals surface area (Å²) in [6.45, 7) is 2.85. The SMILES string of the molecule is Cc1ccc(O)cc1.Oc1ccc2c(c1)C1CCCC1CO2. The molecule has 0 amide bonds. The molecule has 1 fully saturated rings. The largest absolute Gasteiger partial charge is 0.508 e. The van der Waals surface area contributed by atoms with Crippen LogP contribution >= 0.6 is 0 Å². The van der Waals surface area contributed by atoms with Crippen LogP contribution in [0, 0.1) is 12.8 Å². The Balaban J connectivity index is 0.000000154. The van der Waals surface area contributed by atoms with Gasteiger partial charge in [0.05, 0.1) is 6.61 Å². The molecule has 0 bridgehead atoms. The maximum Gasteiger partial charge on any atom is 0.123 e. The molecule has 2 unspecified atom stereocenters. The first kappa shape index (κ1) is 14.8. The highest BCUT2D eigenvalue weighted by Gasteiger charge is 2.34. The predicted octanol–water partition coefficient (Wildman–Crippen LogP) is 4.37. The van der Waals surface area contributed by atoms with Crippen molar-refractivity contribution < 1.29 is 14.9 Å². The first-order valence-corrected chi connectivity index (χ1v) is 7.85. The van der Waals surface area contributed by atoms with E-state index in [0.29, 0.717) is 23.3 Å². The van der Waals surface area contributed by atoms with Gasteiger partial charge in [0.1, 0.15) is 17.2 Å². The molecule has 2 N–H and O–H groups in total. The van der Waals surface area contributed by atoms with Crippen molar-refractivity contribution in [3.8, 4) is 17.2 Å². The Bertz CT molecular complexity index is 613. The molecule has 1 heterocycles. The molecule has 22 heavy (non-hydrogen) atoms. The van der Waals surface area contributed by atoms with E-state index in [4.69, 9.17) is 9.84 Å². The summed E-state index contributed by atoms with van der Waals surface area (Å²) < 4.78 is 5.68. The van der Waals surface area contributed by atoms with E-state index in [9.17, 15) is 5.11 Å². The highest BCUT2D eigenvalue weighted by Crippen LogP contribution is 2.47. The van der Waals surface area contributed by atoms with Crippen LogP contribution in [-0.2, 0) is 0 Å². The zero-order valence-corrected chi connectivity index (χ0v) is 12.8. The molecule has 1 aliphatic carbocycles. The highest BCUT2D eigenvalue weighted by molar-refractivity contribution is 5.44. The molecule has 1 aliphatic heterocycles. The molecule has 3 nitrogen and oxygen atoms in total. The Morgan fingerprint density at radius 2 is 1.68 bits per heavy atom. The van der Waals surface area contributed by atoms with Gasteiger partial charge in [-0.15, -0.1) is 0 Å². The summed E-state index contributed by atoms with van der Waals surface area (Å²) in [5, 5.41) is 18.2. The molecule has 0 radical (unpaired) electrons. The van der Waals surface area contributed by atoms with Crippen LogP contribution in [-0.4, -0.2) is 16.8 Å². The van der Waals surface area contributed by atoms with E-state index < -0.39 is 0 Å². The molecule has 2 aromatic rings. The number of hydrogen-bond donors (Lipinski definition) is 2. The van der Waals surface area contributed by atoms with E-state index in [1.54, 1.807) is 18.2 Å². The third-order valence-electron chi connectivity index (χ3n) is 4.54. The summed E-state index contributed by atoms with van der Waals surface area (Å²) in [5.74, 6) is 2.98. The van der Waals surface area contributed by atoms with Gasteiger partial charge in [0.2, 0.25) is 0 Å². The van der Waals surface area contributed by atoms with E-state index in [1.807, 2.05) is 31.2 Å². The summed E-state index contributed by atoms with van der Waals surface area (Å²) >= 11 is 0. The molecule has 3 heteroatoms. The molecule has 2 aromatic carbocycles. The van der Waals surface area contributed by atoms with Crippen LogP contribution in [0.3, 0.4) is 0 Å². The average molecular weight is 298 g/mol. The number of rotatable bonds is 0. The molecule has 0 saturated heterocycles. The van der Waals surface area contributed by atoms with Crippen molar-refractivity contribution in [2.75, 3.05) is 6.61 Å². The molecule has 0 aromatic heterocycles. The first-order chi connectivity index (χ1) is 10.6. The molecule has 116 valence electrons. The fraction of sp³-hybridized carbons (Fsp3) is 0.368. The topological polar surface area (TPSA) is 49.7 Å². The second-order valence-electron chi connectivity index (χ2n) is 6.17. The normalized spacial score (nSPS) is 21.9. The van der Waals surface area contributed by atoms with Gasteiger partial charge in [-0.2, -0.15) is 0 Å². The monoisotopic (exact) mass is 298 g/mol. The van der Waals surface area contributed by atoms with Crippen LogP contribution in [0.4, 0.5) is 0 Å². The van der Waals surface area contributed by atoms with Gasteiger partial charge < -0.3 is 14.9 Å². The lowest BCUT2D eigenvalue weighted by molar-refractivity contribution is 0.209. The van der Waals surface area contributed by atoms with Crippen LogP contribution < -0.4 is 4.74 Å². The van der Waals surface area contributed by atoms with Gasteiger partial charge in [0.15, 0.2) is 0 Å². The lowest BCUT2D eigenvalue weighted by Crippen LogP contribution is -2.21. The van der Waals surface area contributed by atoms with E-state index >= 15 is 0 Å². The standard InChI is InChI=1S/C12H14O2.C7H8O/c13-9-4-5-12-11(6-9)10-3-1-2-8(10)7-14-12;1-6-2-4-7(8)5-3-6/h4-6,8,10,13H,1-3,7H2;2-5,8H,1H3. The van der Waals surface area contributed by atoms with Crippen molar-refractivity contribution in [1.29, 1.82) is 0 Å². The predicted molar refractivity (Wildman–Crippen MR) is 86.5 cm³/mol. The maximum absolute atomic E-state index is 9.45. The average Bonchev–Trinajstić information content (AvgIpc) is 3.00. The number of hydrogen-bond acceptors (Lipinski definition) is 3. The molecule has 4 rings (SSSR count). The van der Waals surface area contributed by atoms with Crippen molar-refractivity contribution >= 4 is 0 Å². The zero-order chi connectivity index (χ0) is 15.5.